The minimum Gasteiger partial charge on any atom is -0.394 e. The van der Waals surface area contributed by atoms with Gasteiger partial charge in [0.25, 0.3) is 5.91 Å². The van der Waals surface area contributed by atoms with Crippen LogP contribution in [0.3, 0.4) is 0 Å². The predicted molar refractivity (Wildman–Crippen MR) is 425 cm³/mol. The number of rotatable bonds is 23. The van der Waals surface area contributed by atoms with Gasteiger partial charge in [-0.05, 0) is 153 Å². The summed E-state index contributed by atoms with van der Waals surface area (Å²) >= 11 is 0. The molecule has 8 heterocycles. The van der Waals surface area contributed by atoms with Gasteiger partial charge in [0.15, 0.2) is 0 Å². The molecule has 0 radical (unpaired) electrons. The molecule has 0 spiro atoms. The Morgan fingerprint density at radius 2 is 0.909 bits per heavy atom. The summed E-state index contributed by atoms with van der Waals surface area (Å²) < 4.78 is 79.3. The van der Waals surface area contributed by atoms with E-state index < -0.39 is 41.7 Å². The smallest absolute Gasteiger partial charge is 0.251 e. The summed E-state index contributed by atoms with van der Waals surface area (Å²) in [5, 5.41) is 73.2. The third kappa shape index (κ3) is 15.4. The van der Waals surface area contributed by atoms with Gasteiger partial charge in [-0.3, -0.25) is 29.8 Å². The van der Waals surface area contributed by atoms with E-state index in [0.29, 0.717) is 30.8 Å². The van der Waals surface area contributed by atoms with E-state index in [2.05, 4.69) is 138 Å². The maximum Gasteiger partial charge on any atom is 0.251 e. The Morgan fingerprint density at radius 3 is 1.26 bits per heavy atom. The van der Waals surface area contributed by atoms with Gasteiger partial charge in [0.1, 0.15) is 30.2 Å². The number of hydrogen-bond acceptors (Lipinski definition) is 14. The molecule has 0 aliphatic carbocycles. The zero-order valence-electron chi connectivity index (χ0n) is 63.3. The third-order valence-electron chi connectivity index (χ3n) is 19.8. The number of carbonyl (C=O) groups is 1. The zero-order chi connectivity index (χ0) is 78.4. The minimum absolute atomic E-state index is 0.0786. The van der Waals surface area contributed by atoms with Gasteiger partial charge in [0.05, 0.1) is 109 Å². The third-order valence-corrected chi connectivity index (χ3v) is 21.2. The molecule has 2 atom stereocenters. The lowest BCUT2D eigenvalue weighted by molar-refractivity contribution is 0.00320. The molecule has 22 nitrogen and oxygen atoms in total. The summed E-state index contributed by atoms with van der Waals surface area (Å²) in [6.45, 7) is 18.2. The highest BCUT2D eigenvalue weighted by Gasteiger charge is 2.37. The van der Waals surface area contributed by atoms with Crippen LogP contribution < -0.4 is 10.8 Å². The number of fused-ring (bicyclic) bond motifs is 6. The Balaban J connectivity index is 0.000000145. The fourth-order valence-corrected chi connectivity index (χ4v) is 15.5. The number of aromatic amines is 3. The maximum absolute atomic E-state index is 14.0. The standard InChI is InChI=1S/C31H33FN4O4.C27H28FN4O2P.C26H28FN5O3/c1-30(2,18-40-4)28-27(19-5-7-20(8-6-19)29(38)33-16-31(3,39)17-37)24-14-25-21(15-34-35-25)13-26(24)36(28)23-11-9-22(32)10-12-23;1-27(2,16-34-3)26-25(17-6-11-24(29-14-17)35(4,5)33)21-13-22-18(15-30-31-22)12-23(21)32(26)20-9-7-19(28)8-10-20;1-26(2,15-35-3)25-24(17-11-29-31(12-17)13-20(34)14-33)21-9-22-16(10-28-30-22)8-23(21)32(25)19-6-4-18(27)5-7-19/h5-15,37,39H,16-18H2,1-4H3,(H,33,38)(H,34,35);6-15H,16H2,1-5H3,(H,30,31);4-12,20,33-34H,13-15H2,1-3H3,(H,28,30). The summed E-state index contributed by atoms with van der Waals surface area (Å²) in [5.74, 6) is -1.26. The molecule has 570 valence electrons. The van der Waals surface area contributed by atoms with Gasteiger partial charge in [-0.15, -0.1) is 0 Å². The molecular weight excluding hydrogens is 1420 g/mol. The number of aromatic nitrogens is 12. The normalized spacial score (nSPS) is 13.2. The van der Waals surface area contributed by atoms with E-state index in [4.69, 9.17) is 14.2 Å². The van der Waals surface area contributed by atoms with Crippen molar-refractivity contribution in [3.8, 4) is 50.4 Å². The van der Waals surface area contributed by atoms with Crippen LogP contribution in [0.2, 0.25) is 0 Å². The van der Waals surface area contributed by atoms with Crippen molar-refractivity contribution in [3.05, 3.63) is 223 Å². The van der Waals surface area contributed by atoms with Crippen LogP contribution in [0.25, 0.3) is 116 Å². The lowest BCUT2D eigenvalue weighted by Crippen LogP contribution is -2.43. The Hall–Kier alpha value is -10.9. The molecule has 8 aromatic heterocycles. The number of aliphatic hydroxyl groups is 4. The van der Waals surface area contributed by atoms with E-state index >= 15 is 0 Å². The molecule has 110 heavy (non-hydrogen) atoms. The van der Waals surface area contributed by atoms with Crippen molar-refractivity contribution in [2.24, 2.45) is 0 Å². The Bertz CT molecular complexity index is 5870. The van der Waals surface area contributed by atoms with Gasteiger partial charge in [-0.1, -0.05) is 59.7 Å². The van der Waals surface area contributed by atoms with Crippen LogP contribution in [-0.4, -0.2) is 171 Å². The van der Waals surface area contributed by atoms with E-state index in [1.165, 1.54) is 43.3 Å². The molecule has 0 saturated carbocycles. The fraction of sp³-hybridized carbons (Fsp3) is 0.286. The van der Waals surface area contributed by atoms with E-state index in [9.17, 15) is 43.0 Å². The van der Waals surface area contributed by atoms with Crippen LogP contribution in [0.15, 0.2) is 183 Å². The van der Waals surface area contributed by atoms with E-state index in [1.54, 1.807) is 119 Å². The second-order valence-corrected chi connectivity index (χ2v) is 33.7. The summed E-state index contributed by atoms with van der Waals surface area (Å²) in [6.07, 6.45) is 9.87. The van der Waals surface area contributed by atoms with Crippen LogP contribution in [0.1, 0.15) is 75.9 Å². The highest BCUT2D eigenvalue weighted by Crippen LogP contribution is 2.48. The molecule has 0 aliphatic heterocycles. The summed E-state index contributed by atoms with van der Waals surface area (Å²) in [6, 6.07) is 43.0. The number of ether oxygens (including phenoxy) is 3. The molecule has 26 heteroatoms. The molecule has 8 N–H and O–H groups in total. The van der Waals surface area contributed by atoms with Crippen molar-refractivity contribution < 1.29 is 57.2 Å². The van der Waals surface area contributed by atoms with E-state index in [0.717, 1.165) is 133 Å². The van der Waals surface area contributed by atoms with Crippen LogP contribution in [0.5, 0.6) is 0 Å². The number of H-pyrrole nitrogens is 3. The first-order valence-electron chi connectivity index (χ1n) is 35.8. The average Bonchev–Trinajstić information content (AvgIpc) is 1.58. The number of nitrogens with one attached hydrogen (secondary N) is 4. The Labute approximate surface area is 632 Å². The molecule has 15 rings (SSSR count). The lowest BCUT2D eigenvalue weighted by Gasteiger charge is -2.28. The van der Waals surface area contributed by atoms with Gasteiger partial charge in [0, 0.05) is 156 Å². The van der Waals surface area contributed by atoms with Crippen molar-refractivity contribution in [1.29, 1.82) is 0 Å². The second kappa shape index (κ2) is 30.9. The molecule has 7 aromatic carbocycles. The molecule has 0 fully saturated rings. The molecule has 0 saturated heterocycles. The number of amides is 1. The Kier molecular flexibility index (Phi) is 21.7. The van der Waals surface area contributed by atoms with Crippen LogP contribution in [0.4, 0.5) is 13.2 Å². The maximum atomic E-state index is 14.0. The molecule has 1 amide bonds. The predicted octanol–water partition coefficient (Wildman–Crippen LogP) is 14.4. The monoisotopic (exact) mass is 1510 g/mol. The van der Waals surface area contributed by atoms with Gasteiger partial charge >= 0.3 is 0 Å². The lowest BCUT2D eigenvalue weighted by atomic mass is 9.84. The Morgan fingerprint density at radius 1 is 0.527 bits per heavy atom. The topological polar surface area (TPSA) is 286 Å². The van der Waals surface area contributed by atoms with Gasteiger partial charge < -0.3 is 58.2 Å². The first-order chi connectivity index (χ1) is 52.5. The first kappa shape index (κ1) is 77.3. The fourth-order valence-electron chi connectivity index (χ4n) is 14.8. The van der Waals surface area contributed by atoms with Crippen molar-refractivity contribution in [2.45, 2.75) is 83.0 Å². The largest absolute Gasteiger partial charge is 0.394 e. The highest BCUT2D eigenvalue weighted by molar-refractivity contribution is 7.69. The molecule has 2 unspecified atom stereocenters. The molecule has 0 bridgehead atoms. The number of nitrogens with zero attached hydrogens (tertiary/aromatic N) is 9. The number of halogens is 3. The molecule has 0 aliphatic rings. The number of aliphatic hydroxyl groups excluding tert-OH is 3. The SMILES string of the molecule is COCC(C)(C)c1c(-c2ccc(C(=O)NCC(C)(O)CO)cc2)c2cc3[nH]ncc3cc2n1-c1ccc(F)cc1.COCC(C)(C)c1c(-c2ccc(P(C)(C)=O)nc2)c2cc3[nH]ncc3cc2n1-c1ccc(F)cc1.COCC(C)(C)c1c(-c2cnn(CC(O)CO)c2)c2cc3[nH]ncc3cc2n1-c1ccc(F)cc1. The second-order valence-electron chi connectivity index (χ2n) is 30.5. The van der Waals surface area contributed by atoms with Gasteiger partial charge in [-0.25, -0.2) is 13.2 Å². The highest BCUT2D eigenvalue weighted by atomic mass is 31.2. The number of carbonyl (C=O) groups excluding carboxylic acids is 1. The molecule has 15 aromatic rings. The zero-order valence-corrected chi connectivity index (χ0v) is 64.2. The van der Waals surface area contributed by atoms with Crippen molar-refractivity contribution in [3.63, 3.8) is 0 Å². The van der Waals surface area contributed by atoms with E-state index in [-0.39, 0.29) is 43.1 Å². The van der Waals surface area contributed by atoms with Crippen LogP contribution >= 0.6 is 7.14 Å². The summed E-state index contributed by atoms with van der Waals surface area (Å²) in [4.78, 5) is 17.3. The van der Waals surface area contributed by atoms with Crippen molar-refractivity contribution >= 4 is 83.9 Å². The number of pyridine rings is 1. The van der Waals surface area contributed by atoms with Gasteiger partial charge in [-0.2, -0.15) is 20.4 Å². The van der Waals surface area contributed by atoms with Crippen molar-refractivity contribution in [2.75, 3.05) is 74.2 Å². The van der Waals surface area contributed by atoms with Crippen LogP contribution in [0, 0.1) is 17.5 Å². The van der Waals surface area contributed by atoms with E-state index in [1.807, 2.05) is 30.5 Å². The molecular formula is C84H89F3N13O9P. The average molecular weight is 1510 g/mol. The van der Waals surface area contributed by atoms with Gasteiger partial charge in [0.2, 0.25) is 0 Å². The number of benzene rings is 7. The van der Waals surface area contributed by atoms with Crippen molar-refractivity contribution in [1.82, 2.24) is 64.4 Å². The minimum atomic E-state index is -2.49. The quantitative estimate of drug-likeness (QED) is 0.0277. The summed E-state index contributed by atoms with van der Waals surface area (Å²) in [5.41, 5.74) is 14.9. The first-order valence-corrected chi connectivity index (χ1v) is 38.4. The number of methoxy groups -OCH3 is 3. The van der Waals surface area contributed by atoms with Crippen LogP contribution in [-0.2, 0) is 41.6 Å². The summed E-state index contributed by atoms with van der Waals surface area (Å²) in [7, 11) is 2.55. The number of hydrogen-bond donors (Lipinski definition) is 8.